The molecule has 0 fully saturated rings. The van der Waals surface area contributed by atoms with Crippen molar-refractivity contribution in [2.75, 3.05) is 13.7 Å². The number of benzene rings is 1. The molecule has 1 N–H and O–H groups in total. The molecule has 2 rings (SSSR count). The van der Waals surface area contributed by atoms with Gasteiger partial charge in [-0.3, -0.25) is 0 Å². The van der Waals surface area contributed by atoms with Gasteiger partial charge < -0.3 is 14.5 Å². The molecular weight excluding hydrogens is 306 g/mol. The first-order valence-electron chi connectivity index (χ1n) is 6.34. The quantitative estimate of drug-likeness (QED) is 0.869. The highest BCUT2D eigenvalue weighted by atomic mass is 79.9. The molecule has 0 radical (unpaired) electrons. The van der Waals surface area contributed by atoms with Crippen LogP contribution in [0, 0.1) is 0 Å². The fourth-order valence-electron chi connectivity index (χ4n) is 2.15. The van der Waals surface area contributed by atoms with Crippen LogP contribution in [-0.4, -0.2) is 13.7 Å². The summed E-state index contributed by atoms with van der Waals surface area (Å²) < 4.78 is 12.4. The number of furan rings is 1. The second-order valence-corrected chi connectivity index (χ2v) is 5.04. The van der Waals surface area contributed by atoms with Crippen LogP contribution in [0.3, 0.4) is 0 Å². The van der Waals surface area contributed by atoms with Crippen molar-refractivity contribution in [3.05, 3.63) is 58.5 Å². The van der Waals surface area contributed by atoms with E-state index in [0.29, 0.717) is 6.61 Å². The van der Waals surface area contributed by atoms with Crippen LogP contribution in [0.5, 0.6) is 0 Å². The van der Waals surface area contributed by atoms with Crippen LogP contribution >= 0.6 is 15.9 Å². The summed E-state index contributed by atoms with van der Waals surface area (Å²) in [6.45, 7) is 2.65. The van der Waals surface area contributed by atoms with Crippen molar-refractivity contribution in [3.63, 3.8) is 0 Å². The topological polar surface area (TPSA) is 34.4 Å². The number of hydrogen-bond acceptors (Lipinski definition) is 3. The fourth-order valence-corrected chi connectivity index (χ4v) is 2.60. The summed E-state index contributed by atoms with van der Waals surface area (Å²) in [6.07, 6.45) is 1.59. The number of halogens is 1. The van der Waals surface area contributed by atoms with Crippen molar-refractivity contribution in [1.29, 1.82) is 0 Å². The lowest BCUT2D eigenvalue weighted by atomic mass is 10.0. The zero-order chi connectivity index (χ0) is 13.7. The van der Waals surface area contributed by atoms with Gasteiger partial charge >= 0.3 is 0 Å². The first-order valence-corrected chi connectivity index (χ1v) is 7.14. The first-order chi connectivity index (χ1) is 9.27. The van der Waals surface area contributed by atoms with E-state index in [1.54, 1.807) is 6.26 Å². The van der Waals surface area contributed by atoms with E-state index in [4.69, 9.17) is 9.15 Å². The van der Waals surface area contributed by atoms with Gasteiger partial charge in [0.15, 0.2) is 0 Å². The van der Waals surface area contributed by atoms with Crippen LogP contribution in [-0.2, 0) is 4.74 Å². The number of rotatable bonds is 6. The molecule has 19 heavy (non-hydrogen) atoms. The highest BCUT2D eigenvalue weighted by molar-refractivity contribution is 9.10. The predicted molar refractivity (Wildman–Crippen MR) is 79.0 cm³/mol. The highest BCUT2D eigenvalue weighted by Gasteiger charge is 2.28. The molecule has 0 aliphatic rings. The second kappa shape index (κ2) is 6.89. The van der Waals surface area contributed by atoms with Crippen LogP contribution in [0.15, 0.2) is 51.6 Å². The molecule has 3 nitrogen and oxygen atoms in total. The Labute approximate surface area is 122 Å². The predicted octanol–water partition coefficient (Wildman–Crippen LogP) is 4.08. The van der Waals surface area contributed by atoms with Crippen LogP contribution in [0.4, 0.5) is 0 Å². The zero-order valence-electron chi connectivity index (χ0n) is 11.1. The summed E-state index contributed by atoms with van der Waals surface area (Å²) in [4.78, 5) is 0. The molecule has 0 spiro atoms. The van der Waals surface area contributed by atoms with E-state index in [-0.39, 0.29) is 12.1 Å². The van der Waals surface area contributed by atoms with E-state index in [2.05, 4.69) is 33.4 Å². The van der Waals surface area contributed by atoms with Crippen molar-refractivity contribution in [2.45, 2.75) is 19.1 Å². The maximum Gasteiger partial charge on any atom is 0.137 e. The lowest BCUT2D eigenvalue weighted by Gasteiger charge is -2.26. The SMILES string of the molecule is CCOC(c1ccccc1)C(NC)c1occc1Br. The molecule has 0 aliphatic carbocycles. The fraction of sp³-hybridized carbons (Fsp3) is 0.333. The number of hydrogen-bond donors (Lipinski definition) is 1. The van der Waals surface area contributed by atoms with Crippen molar-refractivity contribution in [1.82, 2.24) is 5.32 Å². The van der Waals surface area contributed by atoms with E-state index in [1.807, 2.05) is 38.2 Å². The van der Waals surface area contributed by atoms with Crippen LogP contribution in [0.25, 0.3) is 0 Å². The van der Waals surface area contributed by atoms with E-state index >= 15 is 0 Å². The minimum atomic E-state index is -0.0846. The largest absolute Gasteiger partial charge is 0.466 e. The average Bonchev–Trinajstić information content (AvgIpc) is 2.86. The summed E-state index contributed by atoms with van der Waals surface area (Å²) in [7, 11) is 1.91. The molecule has 4 heteroatoms. The molecule has 0 saturated heterocycles. The number of ether oxygens (including phenoxy) is 1. The number of nitrogens with one attached hydrogen (secondary N) is 1. The normalized spacial score (nSPS) is 14.3. The Morgan fingerprint density at radius 2 is 2.00 bits per heavy atom. The lowest BCUT2D eigenvalue weighted by molar-refractivity contribution is 0.0288. The molecule has 1 heterocycles. The van der Waals surface area contributed by atoms with Crippen LogP contribution in [0.2, 0.25) is 0 Å². The van der Waals surface area contributed by atoms with Gasteiger partial charge in [0, 0.05) is 6.61 Å². The molecule has 0 amide bonds. The molecular formula is C15H18BrNO2. The van der Waals surface area contributed by atoms with Gasteiger partial charge in [0.05, 0.1) is 16.8 Å². The Hall–Kier alpha value is -1.10. The lowest BCUT2D eigenvalue weighted by Crippen LogP contribution is -2.25. The van der Waals surface area contributed by atoms with Gasteiger partial charge in [-0.15, -0.1) is 0 Å². The molecule has 1 aromatic carbocycles. The summed E-state index contributed by atoms with van der Waals surface area (Å²) in [6, 6.07) is 12.0. The molecule has 0 saturated carbocycles. The summed E-state index contributed by atoms with van der Waals surface area (Å²) in [5.74, 6) is 0.852. The minimum absolute atomic E-state index is 0.0354. The van der Waals surface area contributed by atoms with Crippen LogP contribution < -0.4 is 5.32 Å². The summed E-state index contributed by atoms with van der Waals surface area (Å²) in [5, 5.41) is 3.28. The molecule has 0 aliphatic heterocycles. The molecule has 1 aromatic heterocycles. The van der Waals surface area contributed by atoms with Gasteiger partial charge in [-0.1, -0.05) is 30.3 Å². The molecule has 0 bridgehead atoms. The van der Waals surface area contributed by atoms with Gasteiger partial charge in [0.2, 0.25) is 0 Å². The molecule has 102 valence electrons. The van der Waals surface area contributed by atoms with Gasteiger partial charge in [-0.25, -0.2) is 0 Å². The second-order valence-electron chi connectivity index (χ2n) is 4.19. The van der Waals surface area contributed by atoms with Gasteiger partial charge in [0.25, 0.3) is 0 Å². The Morgan fingerprint density at radius 3 is 2.53 bits per heavy atom. The first kappa shape index (κ1) is 14.3. The minimum Gasteiger partial charge on any atom is -0.466 e. The third-order valence-corrected chi connectivity index (χ3v) is 3.67. The van der Waals surface area contributed by atoms with Crippen molar-refractivity contribution in [2.24, 2.45) is 0 Å². The van der Waals surface area contributed by atoms with E-state index < -0.39 is 0 Å². The van der Waals surface area contributed by atoms with Crippen molar-refractivity contribution >= 4 is 15.9 Å². The summed E-state index contributed by atoms with van der Waals surface area (Å²) in [5.41, 5.74) is 1.13. The Kier molecular flexibility index (Phi) is 5.19. The van der Waals surface area contributed by atoms with E-state index in [9.17, 15) is 0 Å². The monoisotopic (exact) mass is 323 g/mol. The van der Waals surface area contributed by atoms with Crippen LogP contribution in [0.1, 0.15) is 30.4 Å². The molecule has 2 atom stereocenters. The third-order valence-electron chi connectivity index (χ3n) is 3.02. The maximum absolute atomic E-state index is 5.92. The van der Waals surface area contributed by atoms with Gasteiger partial charge in [-0.05, 0) is 41.5 Å². The maximum atomic E-state index is 5.92. The zero-order valence-corrected chi connectivity index (χ0v) is 12.7. The van der Waals surface area contributed by atoms with Gasteiger partial charge in [0.1, 0.15) is 11.9 Å². The van der Waals surface area contributed by atoms with Gasteiger partial charge in [-0.2, -0.15) is 0 Å². The highest BCUT2D eigenvalue weighted by Crippen LogP contribution is 2.35. The molecule has 2 unspecified atom stereocenters. The summed E-state index contributed by atoms with van der Waals surface area (Å²) >= 11 is 3.51. The molecule has 2 aromatic rings. The Morgan fingerprint density at radius 1 is 1.26 bits per heavy atom. The number of likely N-dealkylation sites (N-methyl/N-ethyl adjacent to an activating group) is 1. The van der Waals surface area contributed by atoms with E-state index in [0.717, 1.165) is 15.8 Å². The standard InChI is InChI=1S/C15H18BrNO2/c1-3-18-14(11-7-5-4-6-8-11)13(17-2)15-12(16)9-10-19-15/h4-10,13-14,17H,3H2,1-2H3. The average molecular weight is 324 g/mol. The van der Waals surface area contributed by atoms with E-state index in [1.165, 1.54) is 0 Å². The Bertz CT molecular complexity index is 498. The Balaban J connectivity index is 2.34. The smallest absolute Gasteiger partial charge is 0.137 e. The van der Waals surface area contributed by atoms with Crippen molar-refractivity contribution in [3.8, 4) is 0 Å². The third kappa shape index (κ3) is 3.26. The van der Waals surface area contributed by atoms with Crippen molar-refractivity contribution < 1.29 is 9.15 Å².